The number of hydrogen-bond acceptors (Lipinski definition) is 4. The fourth-order valence-electron chi connectivity index (χ4n) is 1.36. The van der Waals surface area contributed by atoms with E-state index in [1.165, 1.54) is 9.88 Å². The predicted octanol–water partition coefficient (Wildman–Crippen LogP) is 2.53. The summed E-state index contributed by atoms with van der Waals surface area (Å²) in [6.07, 6.45) is 0.932. The summed E-state index contributed by atoms with van der Waals surface area (Å²) in [4.78, 5) is 5.91. The van der Waals surface area contributed by atoms with Crippen LogP contribution in [0, 0.1) is 6.92 Å². The van der Waals surface area contributed by atoms with E-state index in [2.05, 4.69) is 31.1 Å². The summed E-state index contributed by atoms with van der Waals surface area (Å²) in [5.74, 6) is 0. The largest absolute Gasteiger partial charge is 0.381 e. The number of thiazole rings is 1. The van der Waals surface area contributed by atoms with Gasteiger partial charge in [-0.15, -0.1) is 11.3 Å². The topological polar surface area (TPSA) is 34.1 Å². The van der Waals surface area contributed by atoms with Gasteiger partial charge in [0.15, 0.2) is 0 Å². The molecule has 1 aromatic heterocycles. The molecule has 3 nitrogen and oxygen atoms in total. The van der Waals surface area contributed by atoms with Gasteiger partial charge in [0, 0.05) is 30.5 Å². The van der Waals surface area contributed by atoms with Crippen LogP contribution in [0.1, 0.15) is 36.3 Å². The molecule has 0 unspecified atom stereocenters. The van der Waals surface area contributed by atoms with Crippen LogP contribution >= 0.6 is 11.3 Å². The van der Waals surface area contributed by atoms with E-state index in [4.69, 9.17) is 4.74 Å². The summed E-state index contributed by atoms with van der Waals surface area (Å²) in [6, 6.07) is 0.522. The third kappa shape index (κ3) is 4.60. The Kier molecular flexibility index (Phi) is 5.95. The normalized spacial score (nSPS) is 11.3. The van der Waals surface area contributed by atoms with Crippen LogP contribution in [0.2, 0.25) is 0 Å². The van der Waals surface area contributed by atoms with Crippen LogP contribution in [0.3, 0.4) is 0 Å². The molecule has 0 saturated carbocycles. The van der Waals surface area contributed by atoms with Gasteiger partial charge < -0.3 is 10.1 Å². The Morgan fingerprint density at radius 1 is 1.44 bits per heavy atom. The summed E-state index contributed by atoms with van der Waals surface area (Å²) in [5.41, 5.74) is 1.16. The maximum atomic E-state index is 5.34. The molecule has 1 heterocycles. The molecule has 0 saturated heterocycles. The number of hydrogen-bond donors (Lipinski definition) is 1. The quantitative estimate of drug-likeness (QED) is 0.746. The van der Waals surface area contributed by atoms with Crippen molar-refractivity contribution in [3.8, 4) is 0 Å². The molecule has 0 aliphatic carbocycles. The van der Waals surface area contributed by atoms with Gasteiger partial charge in [-0.1, -0.05) is 13.8 Å². The van der Waals surface area contributed by atoms with Gasteiger partial charge in [-0.2, -0.15) is 0 Å². The second kappa shape index (κ2) is 6.99. The van der Waals surface area contributed by atoms with E-state index in [1.807, 2.05) is 6.92 Å². The predicted molar refractivity (Wildman–Crippen MR) is 69.0 cm³/mol. The van der Waals surface area contributed by atoms with Crippen LogP contribution in [0.15, 0.2) is 0 Å². The Hall–Kier alpha value is -0.450. The highest BCUT2D eigenvalue weighted by molar-refractivity contribution is 7.11. The first kappa shape index (κ1) is 13.6. The molecule has 0 bridgehead atoms. The van der Waals surface area contributed by atoms with E-state index in [-0.39, 0.29) is 0 Å². The first-order chi connectivity index (χ1) is 7.63. The molecule has 0 aliphatic rings. The first-order valence-corrected chi connectivity index (χ1v) is 6.71. The lowest BCUT2D eigenvalue weighted by molar-refractivity contribution is 0.151. The van der Waals surface area contributed by atoms with Gasteiger partial charge >= 0.3 is 0 Å². The summed E-state index contributed by atoms with van der Waals surface area (Å²) in [6.45, 7) is 10.9. The zero-order valence-corrected chi connectivity index (χ0v) is 11.5. The van der Waals surface area contributed by atoms with Crippen molar-refractivity contribution in [3.05, 3.63) is 15.6 Å². The molecule has 0 radical (unpaired) electrons. The molecule has 0 amide bonds. The Bertz CT molecular complexity index is 310. The summed E-state index contributed by atoms with van der Waals surface area (Å²) >= 11 is 1.80. The summed E-state index contributed by atoms with van der Waals surface area (Å²) < 4.78 is 5.34. The molecule has 0 aliphatic heterocycles. The average molecular weight is 242 g/mol. The van der Waals surface area contributed by atoms with E-state index >= 15 is 0 Å². The molecule has 0 atom stereocenters. The number of ether oxygens (including phenoxy) is 1. The van der Waals surface area contributed by atoms with Crippen LogP contribution in [-0.2, 0) is 17.7 Å². The molecule has 1 N–H and O–H groups in total. The minimum atomic E-state index is 0.522. The lowest BCUT2D eigenvalue weighted by atomic mass is 10.3. The van der Waals surface area contributed by atoms with Crippen molar-refractivity contribution in [3.63, 3.8) is 0 Å². The fraction of sp³-hybridized carbons (Fsp3) is 0.750. The van der Waals surface area contributed by atoms with Crippen molar-refractivity contribution >= 4 is 11.3 Å². The van der Waals surface area contributed by atoms with Gasteiger partial charge in [0.2, 0.25) is 0 Å². The second-order valence-corrected chi connectivity index (χ2v) is 5.27. The van der Waals surface area contributed by atoms with E-state index in [0.29, 0.717) is 6.04 Å². The smallest absolute Gasteiger partial charge is 0.0954 e. The number of aryl methyl sites for hydroxylation is 1. The van der Waals surface area contributed by atoms with Crippen molar-refractivity contribution in [2.75, 3.05) is 13.2 Å². The molecular formula is C12H22N2OS. The SMILES string of the molecule is CCOCCc1nc(C)c(CNC(C)C)s1. The highest BCUT2D eigenvalue weighted by Crippen LogP contribution is 2.18. The number of nitrogens with zero attached hydrogens (tertiary/aromatic N) is 1. The van der Waals surface area contributed by atoms with Gasteiger partial charge in [-0.25, -0.2) is 4.98 Å². The van der Waals surface area contributed by atoms with Gasteiger partial charge in [0.1, 0.15) is 0 Å². The monoisotopic (exact) mass is 242 g/mol. The van der Waals surface area contributed by atoms with E-state index in [1.54, 1.807) is 11.3 Å². The Morgan fingerprint density at radius 3 is 2.81 bits per heavy atom. The third-order valence-electron chi connectivity index (χ3n) is 2.27. The molecule has 4 heteroatoms. The first-order valence-electron chi connectivity index (χ1n) is 5.89. The highest BCUT2D eigenvalue weighted by Gasteiger charge is 2.07. The van der Waals surface area contributed by atoms with Crippen molar-refractivity contribution in [1.29, 1.82) is 0 Å². The number of rotatable bonds is 7. The van der Waals surface area contributed by atoms with Gasteiger partial charge in [-0.05, 0) is 13.8 Å². The van der Waals surface area contributed by atoms with Gasteiger partial charge in [-0.3, -0.25) is 0 Å². The zero-order chi connectivity index (χ0) is 12.0. The average Bonchev–Trinajstić information content (AvgIpc) is 2.57. The zero-order valence-electron chi connectivity index (χ0n) is 10.7. The van der Waals surface area contributed by atoms with Crippen LogP contribution in [-0.4, -0.2) is 24.2 Å². The molecule has 16 heavy (non-hydrogen) atoms. The minimum absolute atomic E-state index is 0.522. The fourth-order valence-corrected chi connectivity index (χ4v) is 2.36. The van der Waals surface area contributed by atoms with E-state index in [9.17, 15) is 0 Å². The standard InChI is InChI=1S/C12H22N2OS/c1-5-15-7-6-12-14-10(4)11(16-12)8-13-9(2)3/h9,13H,5-8H2,1-4H3. The molecule has 0 fully saturated rings. The minimum Gasteiger partial charge on any atom is -0.381 e. The molecule has 0 aromatic carbocycles. The Balaban J connectivity index is 2.46. The van der Waals surface area contributed by atoms with Crippen molar-refractivity contribution < 1.29 is 4.74 Å². The Morgan fingerprint density at radius 2 is 2.19 bits per heavy atom. The number of nitrogens with one attached hydrogen (secondary N) is 1. The van der Waals surface area contributed by atoms with Crippen LogP contribution in [0.5, 0.6) is 0 Å². The van der Waals surface area contributed by atoms with Crippen LogP contribution in [0.4, 0.5) is 0 Å². The van der Waals surface area contributed by atoms with Crippen LogP contribution in [0.25, 0.3) is 0 Å². The lowest BCUT2D eigenvalue weighted by Gasteiger charge is -2.05. The van der Waals surface area contributed by atoms with Gasteiger partial charge in [0.25, 0.3) is 0 Å². The molecule has 1 aromatic rings. The maximum Gasteiger partial charge on any atom is 0.0954 e. The van der Waals surface area contributed by atoms with Crippen LogP contribution < -0.4 is 5.32 Å². The highest BCUT2D eigenvalue weighted by atomic mass is 32.1. The number of aromatic nitrogens is 1. The molecule has 1 rings (SSSR count). The summed E-state index contributed by atoms with van der Waals surface area (Å²) in [7, 11) is 0. The molecule has 92 valence electrons. The van der Waals surface area contributed by atoms with Gasteiger partial charge in [0.05, 0.1) is 17.3 Å². The molecule has 0 spiro atoms. The molecular weight excluding hydrogens is 220 g/mol. The van der Waals surface area contributed by atoms with E-state index in [0.717, 1.165) is 31.9 Å². The van der Waals surface area contributed by atoms with E-state index < -0.39 is 0 Å². The maximum absolute atomic E-state index is 5.34. The van der Waals surface area contributed by atoms with Crippen molar-refractivity contribution in [2.45, 2.75) is 46.7 Å². The van der Waals surface area contributed by atoms with Crippen molar-refractivity contribution in [1.82, 2.24) is 10.3 Å². The second-order valence-electron chi connectivity index (χ2n) is 4.10. The third-order valence-corrected chi connectivity index (χ3v) is 3.49. The lowest BCUT2D eigenvalue weighted by Crippen LogP contribution is -2.21. The van der Waals surface area contributed by atoms with Crippen molar-refractivity contribution in [2.24, 2.45) is 0 Å². The summed E-state index contributed by atoms with van der Waals surface area (Å²) in [5, 5.41) is 4.61. The Labute approximate surface area is 102 Å².